The Bertz CT molecular complexity index is 585. The van der Waals surface area contributed by atoms with E-state index in [-0.39, 0.29) is 0 Å². The van der Waals surface area contributed by atoms with Gasteiger partial charge in [-0.2, -0.15) is 0 Å². The van der Waals surface area contributed by atoms with Crippen LogP contribution in [0.5, 0.6) is 5.75 Å². The third kappa shape index (κ3) is 4.32. The average Bonchev–Trinajstić information content (AvgIpc) is 2.85. The highest BCUT2D eigenvalue weighted by molar-refractivity contribution is 7.10. The van der Waals surface area contributed by atoms with E-state index >= 15 is 0 Å². The molecule has 106 valence electrons. The molecule has 1 aromatic heterocycles. The molecular formula is C16H21NOSSi. The van der Waals surface area contributed by atoms with Crippen LogP contribution in [0.2, 0.25) is 19.6 Å². The van der Waals surface area contributed by atoms with Crippen molar-refractivity contribution in [1.82, 2.24) is 0 Å². The van der Waals surface area contributed by atoms with Crippen LogP contribution in [0.25, 0.3) is 0 Å². The van der Waals surface area contributed by atoms with Gasteiger partial charge in [0.1, 0.15) is 11.4 Å². The Hall–Kier alpha value is -1.39. The summed E-state index contributed by atoms with van der Waals surface area (Å²) in [5.41, 5.74) is 2.09. The summed E-state index contributed by atoms with van der Waals surface area (Å²) in [7, 11) is -1.63. The Morgan fingerprint density at radius 3 is 2.65 bits per heavy atom. The molecule has 0 aliphatic rings. The zero-order valence-corrected chi connectivity index (χ0v) is 14.3. The zero-order valence-electron chi connectivity index (χ0n) is 12.5. The Labute approximate surface area is 126 Å². The largest absolute Gasteiger partial charge is 0.543 e. The van der Waals surface area contributed by atoms with Crippen LogP contribution in [0, 0.1) is 6.92 Å². The number of hydrogen-bond donors (Lipinski definition) is 0. The predicted molar refractivity (Wildman–Crippen MR) is 91.3 cm³/mol. The second-order valence-electron chi connectivity index (χ2n) is 5.73. The minimum Gasteiger partial charge on any atom is -0.543 e. The lowest BCUT2D eigenvalue weighted by atomic mass is 10.2. The molecule has 0 bridgehead atoms. The van der Waals surface area contributed by atoms with Crippen LogP contribution in [-0.4, -0.2) is 14.5 Å². The first-order valence-electron chi connectivity index (χ1n) is 6.79. The lowest BCUT2D eigenvalue weighted by Crippen LogP contribution is -2.29. The third-order valence-electron chi connectivity index (χ3n) is 2.70. The molecule has 0 radical (unpaired) electrons. The van der Waals surface area contributed by atoms with Gasteiger partial charge in [-0.1, -0.05) is 18.2 Å². The maximum absolute atomic E-state index is 6.18. The molecule has 0 N–H and O–H groups in total. The zero-order chi connectivity index (χ0) is 14.6. The Morgan fingerprint density at radius 2 is 2.00 bits per heavy atom. The molecule has 1 aromatic carbocycles. The number of hydrogen-bond acceptors (Lipinski definition) is 3. The second kappa shape index (κ2) is 6.37. The molecular weight excluding hydrogens is 282 g/mol. The standard InChI is InChI=1S/C16H21NOSSi/c1-13-7-5-9-15(16(13)18-20(2,3)4)17-11-10-14-8-6-12-19-14/h5-9,11-12H,10H2,1-4H3. The van der Waals surface area contributed by atoms with Crippen molar-refractivity contribution in [1.29, 1.82) is 0 Å². The maximum Gasteiger partial charge on any atom is 0.242 e. The van der Waals surface area contributed by atoms with Gasteiger partial charge in [-0.3, -0.25) is 4.99 Å². The van der Waals surface area contributed by atoms with E-state index < -0.39 is 8.32 Å². The van der Waals surface area contributed by atoms with E-state index in [1.165, 1.54) is 4.88 Å². The van der Waals surface area contributed by atoms with Gasteiger partial charge >= 0.3 is 0 Å². The molecule has 0 saturated carbocycles. The molecule has 0 fully saturated rings. The van der Waals surface area contributed by atoms with E-state index in [0.717, 1.165) is 23.4 Å². The maximum atomic E-state index is 6.18. The molecule has 1 heterocycles. The van der Waals surface area contributed by atoms with Crippen LogP contribution in [-0.2, 0) is 6.42 Å². The second-order valence-corrected chi connectivity index (χ2v) is 11.2. The molecule has 0 aliphatic heterocycles. The van der Waals surface area contributed by atoms with Crippen molar-refractivity contribution in [2.45, 2.75) is 33.0 Å². The molecule has 20 heavy (non-hydrogen) atoms. The summed E-state index contributed by atoms with van der Waals surface area (Å²) in [5.74, 6) is 0.939. The number of aliphatic imine (C=N–C) groups is 1. The molecule has 0 spiro atoms. The smallest absolute Gasteiger partial charge is 0.242 e. The molecule has 0 atom stereocenters. The van der Waals surface area contributed by atoms with E-state index in [1.54, 1.807) is 11.3 Å². The quantitative estimate of drug-likeness (QED) is 0.548. The van der Waals surface area contributed by atoms with Crippen molar-refractivity contribution in [2.24, 2.45) is 4.99 Å². The fraction of sp³-hybridized carbons (Fsp3) is 0.312. The van der Waals surface area contributed by atoms with Gasteiger partial charge in [0.15, 0.2) is 0 Å². The average molecular weight is 304 g/mol. The van der Waals surface area contributed by atoms with E-state index in [4.69, 9.17) is 4.43 Å². The highest BCUT2D eigenvalue weighted by Crippen LogP contribution is 2.32. The summed E-state index contributed by atoms with van der Waals surface area (Å²) >= 11 is 1.76. The van der Waals surface area contributed by atoms with Gasteiger partial charge in [0, 0.05) is 17.5 Å². The highest BCUT2D eigenvalue weighted by Gasteiger charge is 2.19. The van der Waals surface area contributed by atoms with Crippen LogP contribution >= 0.6 is 11.3 Å². The molecule has 2 rings (SSSR count). The van der Waals surface area contributed by atoms with Crippen LogP contribution in [0.3, 0.4) is 0 Å². The number of para-hydroxylation sites is 1. The summed E-state index contributed by atoms with van der Waals surface area (Å²) < 4.78 is 6.18. The minimum atomic E-state index is -1.63. The van der Waals surface area contributed by atoms with Gasteiger partial charge in [-0.05, 0) is 49.6 Å². The minimum absolute atomic E-state index is 0.873. The first kappa shape index (κ1) is 15.0. The Kier molecular flexibility index (Phi) is 4.78. The van der Waals surface area contributed by atoms with Gasteiger partial charge in [-0.15, -0.1) is 11.3 Å². The van der Waals surface area contributed by atoms with Crippen molar-refractivity contribution >= 4 is 31.6 Å². The first-order chi connectivity index (χ1) is 9.46. The highest BCUT2D eigenvalue weighted by atomic mass is 32.1. The molecule has 2 nitrogen and oxygen atoms in total. The lowest BCUT2D eigenvalue weighted by Gasteiger charge is -2.22. The molecule has 0 saturated heterocycles. The monoisotopic (exact) mass is 303 g/mol. The van der Waals surface area contributed by atoms with E-state index in [9.17, 15) is 0 Å². The van der Waals surface area contributed by atoms with Crippen LogP contribution in [0.15, 0.2) is 40.7 Å². The summed E-state index contributed by atoms with van der Waals surface area (Å²) in [6, 6.07) is 10.3. The van der Waals surface area contributed by atoms with Crippen LogP contribution in [0.1, 0.15) is 10.4 Å². The lowest BCUT2D eigenvalue weighted by molar-refractivity contribution is 0.554. The van der Waals surface area contributed by atoms with Gasteiger partial charge in [-0.25, -0.2) is 0 Å². The van der Waals surface area contributed by atoms with E-state index in [2.05, 4.69) is 55.1 Å². The fourth-order valence-corrected chi connectivity index (χ4v) is 3.38. The van der Waals surface area contributed by atoms with Gasteiger partial charge in [0.25, 0.3) is 0 Å². The SMILES string of the molecule is Cc1cccc(N=CCc2cccs2)c1O[Si](C)(C)C. The third-order valence-corrected chi connectivity index (χ3v) is 4.42. The van der Waals surface area contributed by atoms with E-state index in [1.807, 2.05) is 18.3 Å². The van der Waals surface area contributed by atoms with Gasteiger partial charge < -0.3 is 4.43 Å². The summed E-state index contributed by atoms with van der Waals surface area (Å²) in [5, 5.41) is 2.09. The van der Waals surface area contributed by atoms with Crippen molar-refractivity contribution in [3.63, 3.8) is 0 Å². The molecule has 0 aliphatic carbocycles. The van der Waals surface area contributed by atoms with Crippen molar-refractivity contribution < 1.29 is 4.43 Å². The molecule has 0 unspecified atom stereocenters. The topological polar surface area (TPSA) is 21.6 Å². The van der Waals surface area contributed by atoms with Gasteiger partial charge in [0.2, 0.25) is 8.32 Å². The predicted octanol–water partition coefficient (Wildman–Crippen LogP) is 5.22. The van der Waals surface area contributed by atoms with Gasteiger partial charge in [0.05, 0.1) is 0 Å². The number of benzene rings is 1. The summed E-state index contributed by atoms with van der Waals surface area (Å²) in [6.45, 7) is 8.66. The number of aryl methyl sites for hydroxylation is 1. The number of rotatable bonds is 5. The first-order valence-corrected chi connectivity index (χ1v) is 11.1. The van der Waals surface area contributed by atoms with Crippen LogP contribution < -0.4 is 4.43 Å². The fourth-order valence-electron chi connectivity index (χ4n) is 1.84. The Balaban J connectivity index is 2.18. The van der Waals surface area contributed by atoms with Crippen molar-refractivity contribution in [3.05, 3.63) is 46.2 Å². The Morgan fingerprint density at radius 1 is 1.20 bits per heavy atom. The molecule has 2 aromatic rings. The molecule has 0 amide bonds. The normalized spacial score (nSPS) is 12.0. The summed E-state index contributed by atoms with van der Waals surface area (Å²) in [4.78, 5) is 5.93. The van der Waals surface area contributed by atoms with Crippen molar-refractivity contribution in [2.75, 3.05) is 0 Å². The van der Waals surface area contributed by atoms with Crippen LogP contribution in [0.4, 0.5) is 5.69 Å². The van der Waals surface area contributed by atoms with Crippen molar-refractivity contribution in [3.8, 4) is 5.75 Å². The summed E-state index contributed by atoms with van der Waals surface area (Å²) in [6.07, 6.45) is 2.84. The molecule has 4 heteroatoms. The number of nitrogens with zero attached hydrogens (tertiary/aromatic N) is 1. The number of thiophene rings is 1. The van der Waals surface area contributed by atoms with E-state index in [0.29, 0.717) is 0 Å².